The molecular formula is C14H19Cl2N. The molecule has 1 saturated carbocycles. The molecule has 0 spiro atoms. The molecule has 1 nitrogen and oxygen atoms in total. The Labute approximate surface area is 114 Å². The van der Waals surface area contributed by atoms with E-state index in [2.05, 4.69) is 25.2 Å². The van der Waals surface area contributed by atoms with Crippen LogP contribution in [0.4, 0.5) is 0 Å². The van der Waals surface area contributed by atoms with Crippen LogP contribution in [-0.2, 0) is 6.42 Å². The van der Waals surface area contributed by atoms with Crippen molar-refractivity contribution in [3.63, 3.8) is 0 Å². The average molecular weight is 272 g/mol. The van der Waals surface area contributed by atoms with E-state index in [0.717, 1.165) is 18.0 Å². The molecule has 1 aliphatic carbocycles. The summed E-state index contributed by atoms with van der Waals surface area (Å²) in [6.07, 6.45) is 3.65. The zero-order valence-corrected chi connectivity index (χ0v) is 11.9. The molecule has 2 rings (SSSR count). The third-order valence-electron chi connectivity index (χ3n) is 3.42. The van der Waals surface area contributed by atoms with Crippen LogP contribution in [0.1, 0.15) is 32.3 Å². The first kappa shape index (κ1) is 13.2. The van der Waals surface area contributed by atoms with Crippen molar-refractivity contribution >= 4 is 23.2 Å². The Balaban J connectivity index is 2.00. The van der Waals surface area contributed by atoms with Gasteiger partial charge >= 0.3 is 0 Å². The summed E-state index contributed by atoms with van der Waals surface area (Å²) in [6.45, 7) is 5.46. The van der Waals surface area contributed by atoms with Gasteiger partial charge in [-0.3, -0.25) is 0 Å². The van der Waals surface area contributed by atoms with Crippen LogP contribution >= 0.6 is 23.2 Å². The van der Waals surface area contributed by atoms with Gasteiger partial charge in [0, 0.05) is 22.6 Å². The third kappa shape index (κ3) is 3.61. The minimum absolute atomic E-state index is 0.432. The molecule has 3 heteroatoms. The van der Waals surface area contributed by atoms with Crippen LogP contribution in [-0.4, -0.2) is 12.6 Å². The fraction of sp³-hybridized carbons (Fsp3) is 0.571. The predicted octanol–water partition coefficient (Wildman–Crippen LogP) is 4.31. The highest BCUT2D eigenvalue weighted by Crippen LogP contribution is 2.48. The third-order valence-corrected chi connectivity index (χ3v) is 4.01. The summed E-state index contributed by atoms with van der Waals surface area (Å²) in [7, 11) is 0. The fourth-order valence-electron chi connectivity index (χ4n) is 2.08. The van der Waals surface area contributed by atoms with E-state index in [1.807, 2.05) is 12.1 Å². The molecule has 0 atom stereocenters. The van der Waals surface area contributed by atoms with Crippen LogP contribution in [0.25, 0.3) is 0 Å². The van der Waals surface area contributed by atoms with Crippen molar-refractivity contribution in [1.29, 1.82) is 0 Å². The highest BCUT2D eigenvalue weighted by molar-refractivity contribution is 6.35. The molecule has 1 aromatic carbocycles. The van der Waals surface area contributed by atoms with E-state index < -0.39 is 0 Å². The van der Waals surface area contributed by atoms with E-state index in [-0.39, 0.29) is 0 Å². The predicted molar refractivity (Wildman–Crippen MR) is 75.0 cm³/mol. The zero-order chi connectivity index (χ0) is 12.5. The van der Waals surface area contributed by atoms with E-state index in [1.54, 1.807) is 0 Å². The van der Waals surface area contributed by atoms with Crippen LogP contribution < -0.4 is 5.32 Å². The number of rotatable bonds is 5. The summed E-state index contributed by atoms with van der Waals surface area (Å²) in [4.78, 5) is 0. The zero-order valence-electron chi connectivity index (χ0n) is 10.4. The van der Waals surface area contributed by atoms with Crippen molar-refractivity contribution in [2.45, 2.75) is 39.2 Å². The first-order chi connectivity index (χ1) is 8.01. The fourth-order valence-corrected chi connectivity index (χ4v) is 2.56. The summed E-state index contributed by atoms with van der Waals surface area (Å²) in [6, 6.07) is 6.37. The molecule has 0 bridgehead atoms. The normalized spacial score (nSPS) is 17.5. The van der Waals surface area contributed by atoms with Crippen molar-refractivity contribution < 1.29 is 0 Å². The molecule has 1 aromatic rings. The standard InChI is InChI=1S/C14H19Cl2N/c1-10(2)17-9-14(5-6-14)8-11-3-4-12(15)7-13(11)16/h3-4,7,10,17H,5-6,8-9H2,1-2H3. The molecule has 0 unspecified atom stereocenters. The van der Waals surface area contributed by atoms with Crippen LogP contribution in [0.3, 0.4) is 0 Å². The summed E-state index contributed by atoms with van der Waals surface area (Å²) in [5.41, 5.74) is 1.65. The van der Waals surface area contributed by atoms with E-state index in [4.69, 9.17) is 23.2 Å². The molecule has 1 aliphatic rings. The van der Waals surface area contributed by atoms with Gasteiger partial charge in [-0.1, -0.05) is 43.1 Å². The van der Waals surface area contributed by atoms with Gasteiger partial charge < -0.3 is 5.32 Å². The lowest BCUT2D eigenvalue weighted by molar-refractivity contribution is 0.429. The molecule has 0 heterocycles. The van der Waals surface area contributed by atoms with Gasteiger partial charge in [-0.05, 0) is 42.4 Å². The maximum atomic E-state index is 6.22. The van der Waals surface area contributed by atoms with Crippen LogP contribution in [0.2, 0.25) is 10.0 Å². The Bertz CT molecular complexity index is 397. The monoisotopic (exact) mass is 271 g/mol. The van der Waals surface area contributed by atoms with Crippen molar-refractivity contribution in [2.24, 2.45) is 5.41 Å². The van der Waals surface area contributed by atoms with Crippen molar-refractivity contribution in [1.82, 2.24) is 5.32 Å². The molecular weight excluding hydrogens is 253 g/mol. The molecule has 0 radical (unpaired) electrons. The van der Waals surface area contributed by atoms with Crippen LogP contribution in [0, 0.1) is 5.41 Å². The molecule has 1 N–H and O–H groups in total. The number of nitrogens with one attached hydrogen (secondary N) is 1. The second kappa shape index (κ2) is 5.17. The molecule has 0 saturated heterocycles. The van der Waals surface area contributed by atoms with Crippen molar-refractivity contribution in [3.05, 3.63) is 33.8 Å². The molecule has 17 heavy (non-hydrogen) atoms. The number of halogens is 2. The Kier molecular flexibility index (Phi) is 4.02. The Morgan fingerprint density at radius 2 is 2.00 bits per heavy atom. The van der Waals surface area contributed by atoms with Crippen molar-refractivity contribution in [3.8, 4) is 0 Å². The lowest BCUT2D eigenvalue weighted by Gasteiger charge is -2.18. The van der Waals surface area contributed by atoms with E-state index in [0.29, 0.717) is 16.5 Å². The van der Waals surface area contributed by atoms with Gasteiger partial charge in [0.05, 0.1) is 0 Å². The largest absolute Gasteiger partial charge is 0.314 e. The average Bonchev–Trinajstić information content (AvgIpc) is 3.00. The molecule has 1 fully saturated rings. The van der Waals surface area contributed by atoms with E-state index in [9.17, 15) is 0 Å². The van der Waals surface area contributed by atoms with Gasteiger partial charge in [0.15, 0.2) is 0 Å². The number of benzene rings is 1. The molecule has 0 amide bonds. The minimum Gasteiger partial charge on any atom is -0.314 e. The van der Waals surface area contributed by atoms with Gasteiger partial charge in [0.25, 0.3) is 0 Å². The van der Waals surface area contributed by atoms with Crippen LogP contribution in [0.5, 0.6) is 0 Å². The molecule has 0 aromatic heterocycles. The van der Waals surface area contributed by atoms with Gasteiger partial charge in [-0.2, -0.15) is 0 Å². The SMILES string of the molecule is CC(C)NCC1(Cc2ccc(Cl)cc2Cl)CC1. The quantitative estimate of drug-likeness (QED) is 0.842. The van der Waals surface area contributed by atoms with Gasteiger partial charge in [0.1, 0.15) is 0 Å². The van der Waals surface area contributed by atoms with Gasteiger partial charge in [0.2, 0.25) is 0 Å². The maximum absolute atomic E-state index is 6.22. The highest BCUT2D eigenvalue weighted by atomic mass is 35.5. The minimum atomic E-state index is 0.432. The maximum Gasteiger partial charge on any atom is 0.0453 e. The first-order valence-corrected chi connectivity index (χ1v) is 6.94. The second-order valence-corrected chi connectivity index (χ2v) is 6.29. The summed E-state index contributed by atoms with van der Waals surface area (Å²) >= 11 is 12.1. The number of hydrogen-bond acceptors (Lipinski definition) is 1. The van der Waals surface area contributed by atoms with E-state index >= 15 is 0 Å². The lowest BCUT2D eigenvalue weighted by Crippen LogP contribution is -2.31. The smallest absolute Gasteiger partial charge is 0.0453 e. The molecule has 94 valence electrons. The Hall–Kier alpha value is -0.240. The Morgan fingerprint density at radius 3 is 2.53 bits per heavy atom. The summed E-state index contributed by atoms with van der Waals surface area (Å²) in [5.74, 6) is 0. The van der Waals surface area contributed by atoms with Crippen LogP contribution in [0.15, 0.2) is 18.2 Å². The highest BCUT2D eigenvalue weighted by Gasteiger charge is 2.42. The summed E-state index contributed by atoms with van der Waals surface area (Å²) < 4.78 is 0. The van der Waals surface area contributed by atoms with Gasteiger partial charge in [-0.25, -0.2) is 0 Å². The van der Waals surface area contributed by atoms with Crippen molar-refractivity contribution in [2.75, 3.05) is 6.54 Å². The number of hydrogen-bond donors (Lipinski definition) is 1. The summed E-state index contributed by atoms with van der Waals surface area (Å²) in [5, 5.41) is 5.04. The molecule has 0 aliphatic heterocycles. The topological polar surface area (TPSA) is 12.0 Å². The second-order valence-electron chi connectivity index (χ2n) is 5.45. The van der Waals surface area contributed by atoms with Gasteiger partial charge in [-0.15, -0.1) is 0 Å². The first-order valence-electron chi connectivity index (χ1n) is 6.18. The van der Waals surface area contributed by atoms with E-state index in [1.165, 1.54) is 18.4 Å². The lowest BCUT2D eigenvalue weighted by atomic mass is 9.96. The Morgan fingerprint density at radius 1 is 1.29 bits per heavy atom.